The second-order valence-electron chi connectivity index (χ2n) is 6.26. The molecule has 1 aromatic heterocycles. The Hall–Kier alpha value is -0.980. The molecule has 1 saturated heterocycles. The third-order valence-electron chi connectivity index (χ3n) is 5.11. The molecule has 6 heteroatoms. The van der Waals surface area contributed by atoms with Gasteiger partial charge in [0.05, 0.1) is 5.69 Å². The van der Waals surface area contributed by atoms with E-state index in [0.29, 0.717) is 24.2 Å². The number of hydrogen-bond acceptors (Lipinski definition) is 4. The molecule has 0 amide bonds. The van der Waals surface area contributed by atoms with Gasteiger partial charge in [-0.2, -0.15) is 4.31 Å². The maximum absolute atomic E-state index is 12.8. The second-order valence-corrected chi connectivity index (χ2v) is 8.17. The van der Waals surface area contributed by atoms with Crippen molar-refractivity contribution >= 4 is 10.0 Å². The summed E-state index contributed by atoms with van der Waals surface area (Å²) in [7, 11) is -3.46. The van der Waals surface area contributed by atoms with Crippen LogP contribution in [0.1, 0.15) is 44.2 Å². The molecule has 2 fully saturated rings. The molecule has 0 bridgehead atoms. The van der Waals surface area contributed by atoms with Crippen molar-refractivity contribution in [2.75, 3.05) is 13.1 Å². The molecule has 0 atom stereocenters. The van der Waals surface area contributed by atoms with Gasteiger partial charge in [-0.3, -0.25) is 4.98 Å². The van der Waals surface area contributed by atoms with E-state index in [2.05, 4.69) is 4.98 Å². The minimum Gasteiger partial charge on any atom is -0.325 e. The molecule has 21 heavy (non-hydrogen) atoms. The van der Waals surface area contributed by atoms with Gasteiger partial charge < -0.3 is 5.73 Å². The lowest BCUT2D eigenvalue weighted by molar-refractivity contribution is 0.160. The maximum atomic E-state index is 12.8. The van der Waals surface area contributed by atoms with Crippen LogP contribution in [0, 0.1) is 5.41 Å². The zero-order chi connectivity index (χ0) is 14.9. The Kier molecular flexibility index (Phi) is 4.03. The van der Waals surface area contributed by atoms with Gasteiger partial charge in [0.2, 0.25) is 10.0 Å². The molecule has 5 nitrogen and oxygen atoms in total. The summed E-state index contributed by atoms with van der Waals surface area (Å²) in [5.41, 5.74) is 6.50. The second kappa shape index (κ2) is 5.66. The Morgan fingerprint density at radius 2 is 1.86 bits per heavy atom. The van der Waals surface area contributed by atoms with E-state index in [1.807, 2.05) is 0 Å². The van der Waals surface area contributed by atoms with Crippen LogP contribution in [-0.4, -0.2) is 30.8 Å². The first-order chi connectivity index (χ1) is 10.1. The molecule has 0 unspecified atom stereocenters. The Morgan fingerprint density at radius 1 is 1.19 bits per heavy atom. The molecule has 1 aliphatic heterocycles. The number of rotatable bonds is 3. The van der Waals surface area contributed by atoms with Crippen molar-refractivity contribution in [2.45, 2.75) is 50.0 Å². The molecular formula is C15H23N3O2S. The first-order valence-corrected chi connectivity index (χ1v) is 9.16. The lowest BCUT2D eigenvalue weighted by atomic mass is 9.78. The molecular weight excluding hydrogens is 286 g/mol. The number of pyridine rings is 1. The topological polar surface area (TPSA) is 76.3 Å². The van der Waals surface area contributed by atoms with Crippen molar-refractivity contribution in [1.82, 2.24) is 9.29 Å². The monoisotopic (exact) mass is 309 g/mol. The van der Waals surface area contributed by atoms with E-state index >= 15 is 0 Å². The molecule has 2 aliphatic rings. The first kappa shape index (κ1) is 14.9. The van der Waals surface area contributed by atoms with Crippen LogP contribution in [-0.2, 0) is 16.6 Å². The lowest BCUT2D eigenvalue weighted by Crippen LogP contribution is -2.42. The predicted octanol–water partition coefficient (Wildman–Crippen LogP) is 1.89. The van der Waals surface area contributed by atoms with E-state index in [4.69, 9.17) is 5.73 Å². The number of sulfonamides is 1. The van der Waals surface area contributed by atoms with Gasteiger partial charge in [-0.15, -0.1) is 0 Å². The maximum Gasteiger partial charge on any atom is 0.244 e. The molecule has 2 heterocycles. The lowest BCUT2D eigenvalue weighted by Gasteiger charge is -2.38. The van der Waals surface area contributed by atoms with Gasteiger partial charge in [0.15, 0.2) is 0 Å². The number of nitrogens with two attached hydrogens (primary N) is 1. The van der Waals surface area contributed by atoms with Crippen molar-refractivity contribution in [1.29, 1.82) is 0 Å². The number of aromatic nitrogens is 1. The molecule has 0 radical (unpaired) electrons. The number of nitrogens with zero attached hydrogens (tertiary/aromatic N) is 2. The summed E-state index contributed by atoms with van der Waals surface area (Å²) >= 11 is 0. The molecule has 3 rings (SSSR count). The minimum absolute atomic E-state index is 0.146. The summed E-state index contributed by atoms with van der Waals surface area (Å²) in [6, 6.07) is 3.28. The first-order valence-electron chi connectivity index (χ1n) is 7.72. The van der Waals surface area contributed by atoms with Crippen molar-refractivity contribution in [3.05, 3.63) is 24.0 Å². The molecule has 1 spiro atoms. The van der Waals surface area contributed by atoms with Crippen LogP contribution in [0.2, 0.25) is 0 Å². The van der Waals surface area contributed by atoms with E-state index in [9.17, 15) is 8.42 Å². The summed E-state index contributed by atoms with van der Waals surface area (Å²) in [6.45, 7) is 1.40. The third kappa shape index (κ3) is 2.72. The average Bonchev–Trinajstić information content (AvgIpc) is 2.96. The Labute approximate surface area is 126 Å². The van der Waals surface area contributed by atoms with Gasteiger partial charge in [0.1, 0.15) is 4.90 Å². The fourth-order valence-corrected chi connectivity index (χ4v) is 5.40. The van der Waals surface area contributed by atoms with Crippen LogP contribution in [0.3, 0.4) is 0 Å². The Bertz CT molecular complexity index is 599. The van der Waals surface area contributed by atoms with Gasteiger partial charge in [0, 0.05) is 25.8 Å². The summed E-state index contributed by atoms with van der Waals surface area (Å²) < 4.78 is 27.2. The normalized spacial score (nSPS) is 22.7. The van der Waals surface area contributed by atoms with Crippen LogP contribution in [0.5, 0.6) is 0 Å². The van der Waals surface area contributed by atoms with E-state index in [-0.39, 0.29) is 11.4 Å². The van der Waals surface area contributed by atoms with Crippen LogP contribution in [0.25, 0.3) is 0 Å². The largest absolute Gasteiger partial charge is 0.325 e. The van der Waals surface area contributed by atoms with E-state index in [1.165, 1.54) is 25.7 Å². The quantitative estimate of drug-likeness (QED) is 0.925. The SMILES string of the molecule is NCc1ncccc1S(=O)(=O)N1CCC2(CCCC2)CC1. The summed E-state index contributed by atoms with van der Waals surface area (Å²) in [6.07, 6.45) is 8.70. The molecule has 1 aromatic rings. The van der Waals surface area contributed by atoms with Gasteiger partial charge in [-0.05, 0) is 43.2 Å². The van der Waals surface area contributed by atoms with Crippen LogP contribution >= 0.6 is 0 Å². The van der Waals surface area contributed by atoms with Gasteiger partial charge in [0.25, 0.3) is 0 Å². The minimum atomic E-state index is -3.46. The zero-order valence-electron chi connectivity index (χ0n) is 12.3. The number of hydrogen-bond donors (Lipinski definition) is 1. The Balaban J connectivity index is 1.80. The molecule has 0 aromatic carbocycles. The fraction of sp³-hybridized carbons (Fsp3) is 0.667. The highest BCUT2D eigenvalue weighted by molar-refractivity contribution is 7.89. The predicted molar refractivity (Wildman–Crippen MR) is 81.0 cm³/mol. The van der Waals surface area contributed by atoms with E-state index in [0.717, 1.165) is 12.8 Å². The zero-order valence-corrected chi connectivity index (χ0v) is 13.1. The van der Waals surface area contributed by atoms with Gasteiger partial charge in [-0.25, -0.2) is 8.42 Å². The molecule has 1 aliphatic carbocycles. The number of piperidine rings is 1. The van der Waals surface area contributed by atoms with Gasteiger partial charge in [-0.1, -0.05) is 12.8 Å². The van der Waals surface area contributed by atoms with Crippen LogP contribution in [0.4, 0.5) is 0 Å². The standard InChI is InChI=1S/C15H23N3O2S/c16-12-13-14(4-3-9-17-13)21(19,20)18-10-7-15(8-11-18)5-1-2-6-15/h3-4,9H,1-2,5-8,10-12,16H2. The Morgan fingerprint density at radius 3 is 2.48 bits per heavy atom. The highest BCUT2D eigenvalue weighted by Crippen LogP contribution is 2.46. The van der Waals surface area contributed by atoms with E-state index < -0.39 is 10.0 Å². The summed E-state index contributed by atoms with van der Waals surface area (Å²) in [5.74, 6) is 0. The van der Waals surface area contributed by atoms with Crippen molar-refractivity contribution in [2.24, 2.45) is 11.1 Å². The third-order valence-corrected chi connectivity index (χ3v) is 7.08. The smallest absolute Gasteiger partial charge is 0.244 e. The summed E-state index contributed by atoms with van der Waals surface area (Å²) in [4.78, 5) is 4.37. The van der Waals surface area contributed by atoms with Crippen LogP contribution < -0.4 is 5.73 Å². The van der Waals surface area contributed by atoms with Crippen molar-refractivity contribution < 1.29 is 8.42 Å². The molecule has 116 valence electrons. The molecule has 2 N–H and O–H groups in total. The highest BCUT2D eigenvalue weighted by Gasteiger charge is 2.40. The average molecular weight is 309 g/mol. The fourth-order valence-electron chi connectivity index (χ4n) is 3.78. The van der Waals surface area contributed by atoms with Crippen molar-refractivity contribution in [3.63, 3.8) is 0 Å². The van der Waals surface area contributed by atoms with Gasteiger partial charge >= 0.3 is 0 Å². The molecule has 1 saturated carbocycles. The highest BCUT2D eigenvalue weighted by atomic mass is 32.2. The van der Waals surface area contributed by atoms with E-state index in [1.54, 1.807) is 22.6 Å². The van der Waals surface area contributed by atoms with Crippen molar-refractivity contribution in [3.8, 4) is 0 Å². The summed E-state index contributed by atoms with van der Waals surface area (Å²) in [5, 5.41) is 0. The van der Waals surface area contributed by atoms with Crippen LogP contribution in [0.15, 0.2) is 23.2 Å².